The molecule has 2 rings (SSSR count). The first kappa shape index (κ1) is 12.1. The van der Waals surface area contributed by atoms with Crippen LogP contribution in [0.15, 0.2) is 29.3 Å². The van der Waals surface area contributed by atoms with Crippen molar-refractivity contribution in [3.05, 3.63) is 21.2 Å². The van der Waals surface area contributed by atoms with Crippen LogP contribution in [0.25, 0.3) is 0 Å². The van der Waals surface area contributed by atoms with Gasteiger partial charge >= 0.3 is 0 Å². The molecule has 0 atom stereocenters. The van der Waals surface area contributed by atoms with Crippen LogP contribution < -0.4 is 5.56 Å². The molecule has 0 aliphatic heterocycles. The lowest BCUT2D eigenvalue weighted by atomic mass is 10.7. The van der Waals surface area contributed by atoms with E-state index in [1.165, 1.54) is 41.2 Å². The van der Waals surface area contributed by atoms with Crippen LogP contribution in [0.4, 0.5) is 0 Å². The third-order valence-corrected chi connectivity index (χ3v) is 5.46. The first-order valence-corrected chi connectivity index (χ1v) is 7.64. The highest BCUT2D eigenvalue weighted by Gasteiger charge is 2.10. The van der Waals surface area contributed by atoms with E-state index in [2.05, 4.69) is 36.1 Å². The van der Waals surface area contributed by atoms with Gasteiger partial charge in [0.1, 0.15) is 9.50 Å². The summed E-state index contributed by atoms with van der Waals surface area (Å²) in [6, 6.07) is 0. The lowest BCUT2D eigenvalue weighted by Gasteiger charge is -1.97. The van der Waals surface area contributed by atoms with Gasteiger partial charge in [-0.05, 0) is 33.9 Å². The first-order chi connectivity index (χ1) is 7.70. The smallest absolute Gasteiger partial charge is 0.266 e. The summed E-state index contributed by atoms with van der Waals surface area (Å²) in [5.74, 6) is 0. The lowest BCUT2D eigenvalue weighted by Crippen LogP contribution is -2.07. The van der Waals surface area contributed by atoms with Crippen LogP contribution in [0.2, 0.25) is 0 Å². The molecule has 0 radical (unpaired) electrons. The van der Waals surface area contributed by atoms with E-state index in [1.54, 1.807) is 0 Å². The quantitative estimate of drug-likeness (QED) is 0.684. The van der Waals surface area contributed by atoms with Crippen molar-refractivity contribution in [2.45, 2.75) is 13.7 Å². The molecular formula is C7H5BrN4OS3. The molecule has 0 saturated heterocycles. The molecule has 0 unspecified atom stereocenters. The maximum atomic E-state index is 11.3. The minimum atomic E-state index is -0.202. The number of H-pyrrole nitrogens is 1. The zero-order valence-electron chi connectivity index (χ0n) is 7.93. The van der Waals surface area contributed by atoms with Crippen molar-refractivity contribution in [1.82, 2.24) is 20.2 Å². The standard InChI is InChI=1S/C7H5BrN4OS3/c1-14-6-11-12-7(16-6)15-5-3(8)4(13)9-2-10-5/h2H,1H3,(H,9,10,13). The second kappa shape index (κ2) is 5.30. The Morgan fingerprint density at radius 3 is 2.88 bits per heavy atom. The monoisotopic (exact) mass is 336 g/mol. The maximum Gasteiger partial charge on any atom is 0.266 e. The van der Waals surface area contributed by atoms with Crippen LogP contribution in [0.5, 0.6) is 0 Å². The molecule has 0 aliphatic carbocycles. The van der Waals surface area contributed by atoms with E-state index in [0.717, 1.165) is 8.68 Å². The Kier molecular flexibility index (Phi) is 4.00. The summed E-state index contributed by atoms with van der Waals surface area (Å²) < 4.78 is 2.08. The molecule has 9 heteroatoms. The molecule has 0 fully saturated rings. The van der Waals surface area contributed by atoms with Gasteiger partial charge in [-0.1, -0.05) is 23.1 Å². The highest BCUT2D eigenvalue weighted by Crippen LogP contribution is 2.33. The van der Waals surface area contributed by atoms with Gasteiger partial charge in [-0.15, -0.1) is 10.2 Å². The van der Waals surface area contributed by atoms with Crippen molar-refractivity contribution >= 4 is 50.8 Å². The number of nitrogens with zero attached hydrogens (tertiary/aromatic N) is 3. The molecule has 84 valence electrons. The zero-order valence-corrected chi connectivity index (χ0v) is 12.0. The minimum absolute atomic E-state index is 0.202. The van der Waals surface area contributed by atoms with Gasteiger partial charge in [-0.3, -0.25) is 4.79 Å². The highest BCUT2D eigenvalue weighted by molar-refractivity contribution is 9.10. The molecule has 0 aromatic carbocycles. The first-order valence-electron chi connectivity index (χ1n) is 3.99. The Morgan fingerprint density at radius 2 is 2.19 bits per heavy atom. The van der Waals surface area contributed by atoms with Gasteiger partial charge in [0.15, 0.2) is 8.68 Å². The average Bonchev–Trinajstić information content (AvgIpc) is 2.73. The van der Waals surface area contributed by atoms with Gasteiger partial charge in [0.2, 0.25) is 0 Å². The molecule has 0 saturated carbocycles. The topological polar surface area (TPSA) is 71.5 Å². The summed E-state index contributed by atoms with van der Waals surface area (Å²) >= 11 is 7.52. The number of aromatic nitrogens is 4. The van der Waals surface area contributed by atoms with E-state index in [9.17, 15) is 4.79 Å². The summed E-state index contributed by atoms with van der Waals surface area (Å²) in [5.41, 5.74) is -0.202. The van der Waals surface area contributed by atoms with Crippen molar-refractivity contribution in [1.29, 1.82) is 0 Å². The predicted octanol–water partition coefficient (Wildman–Crippen LogP) is 2.26. The van der Waals surface area contributed by atoms with Crippen LogP contribution in [0.3, 0.4) is 0 Å². The van der Waals surface area contributed by atoms with E-state index >= 15 is 0 Å². The van der Waals surface area contributed by atoms with E-state index in [0.29, 0.717) is 9.50 Å². The van der Waals surface area contributed by atoms with E-state index in [-0.39, 0.29) is 5.56 Å². The van der Waals surface area contributed by atoms with Gasteiger partial charge in [0.05, 0.1) is 6.33 Å². The number of thioether (sulfide) groups is 1. The Morgan fingerprint density at radius 1 is 1.44 bits per heavy atom. The van der Waals surface area contributed by atoms with Crippen LogP contribution in [0.1, 0.15) is 0 Å². The predicted molar refractivity (Wildman–Crippen MR) is 68.4 cm³/mol. The minimum Gasteiger partial charge on any atom is -0.312 e. The van der Waals surface area contributed by atoms with Gasteiger partial charge in [-0.25, -0.2) is 4.98 Å². The number of halogens is 1. The third kappa shape index (κ3) is 2.65. The molecule has 16 heavy (non-hydrogen) atoms. The van der Waals surface area contributed by atoms with E-state index in [1.807, 2.05) is 6.26 Å². The summed E-state index contributed by atoms with van der Waals surface area (Å²) in [6.45, 7) is 0. The molecule has 5 nitrogen and oxygen atoms in total. The molecule has 2 aromatic heterocycles. The van der Waals surface area contributed by atoms with Crippen molar-refractivity contribution < 1.29 is 0 Å². The van der Waals surface area contributed by atoms with Gasteiger partial charge in [-0.2, -0.15) is 0 Å². The lowest BCUT2D eigenvalue weighted by molar-refractivity contribution is 0.946. The van der Waals surface area contributed by atoms with Crippen molar-refractivity contribution in [2.75, 3.05) is 6.26 Å². The normalized spacial score (nSPS) is 10.6. The van der Waals surface area contributed by atoms with E-state index < -0.39 is 0 Å². The molecule has 0 aliphatic rings. The molecule has 2 aromatic rings. The fourth-order valence-corrected chi connectivity index (χ4v) is 3.64. The number of hydrogen-bond donors (Lipinski definition) is 1. The van der Waals surface area contributed by atoms with Gasteiger partial charge < -0.3 is 4.98 Å². The summed E-state index contributed by atoms with van der Waals surface area (Å²) in [5, 5.41) is 8.55. The van der Waals surface area contributed by atoms with Gasteiger partial charge in [0, 0.05) is 0 Å². The van der Waals surface area contributed by atoms with Gasteiger partial charge in [0.25, 0.3) is 5.56 Å². The second-order valence-corrected chi connectivity index (χ2v) is 6.55. The summed E-state index contributed by atoms with van der Waals surface area (Å²) in [4.78, 5) is 17.8. The SMILES string of the molecule is CSc1nnc(Sc2nc[nH]c(=O)c2Br)s1. The molecule has 1 N–H and O–H groups in total. The fraction of sp³-hybridized carbons (Fsp3) is 0.143. The fourth-order valence-electron chi connectivity index (χ4n) is 0.841. The molecule has 0 amide bonds. The maximum absolute atomic E-state index is 11.3. The number of hydrogen-bond acceptors (Lipinski definition) is 7. The summed E-state index contributed by atoms with van der Waals surface area (Å²) in [7, 11) is 0. The Labute approximate surface area is 112 Å². The third-order valence-electron chi connectivity index (χ3n) is 1.51. The molecule has 0 bridgehead atoms. The Hall–Kier alpha value is -0.380. The zero-order chi connectivity index (χ0) is 11.5. The van der Waals surface area contributed by atoms with Crippen LogP contribution >= 0.6 is 50.8 Å². The average molecular weight is 337 g/mol. The highest BCUT2D eigenvalue weighted by atomic mass is 79.9. The molecular weight excluding hydrogens is 332 g/mol. The van der Waals surface area contributed by atoms with Crippen LogP contribution in [-0.4, -0.2) is 26.4 Å². The molecule has 2 heterocycles. The van der Waals surface area contributed by atoms with Crippen molar-refractivity contribution in [3.8, 4) is 0 Å². The van der Waals surface area contributed by atoms with E-state index in [4.69, 9.17) is 0 Å². The van der Waals surface area contributed by atoms with Crippen LogP contribution in [0, 0.1) is 0 Å². The Bertz CT molecular complexity index is 555. The van der Waals surface area contributed by atoms with Crippen molar-refractivity contribution in [2.24, 2.45) is 0 Å². The Balaban J connectivity index is 2.27. The second-order valence-electron chi connectivity index (χ2n) is 2.49. The van der Waals surface area contributed by atoms with Crippen molar-refractivity contribution in [3.63, 3.8) is 0 Å². The number of rotatable bonds is 3. The van der Waals surface area contributed by atoms with Crippen LogP contribution in [-0.2, 0) is 0 Å². The summed E-state index contributed by atoms with van der Waals surface area (Å²) in [6.07, 6.45) is 3.31. The molecule has 0 spiro atoms. The largest absolute Gasteiger partial charge is 0.312 e. The number of nitrogens with one attached hydrogen (secondary N) is 1. The number of aromatic amines is 1.